The molecular formula is C14H17Cl2NO. The third-order valence-electron chi connectivity index (χ3n) is 3.84. The number of carbonyl (C=O) groups is 1. The molecule has 1 fully saturated rings. The lowest BCUT2D eigenvalue weighted by Crippen LogP contribution is -2.22. The Labute approximate surface area is 118 Å². The molecule has 2 nitrogen and oxygen atoms in total. The van der Waals surface area contributed by atoms with Gasteiger partial charge in [-0.25, -0.2) is 4.98 Å². The molecule has 1 saturated carbocycles. The second-order valence-corrected chi connectivity index (χ2v) is 5.82. The van der Waals surface area contributed by atoms with Crippen molar-refractivity contribution in [2.45, 2.75) is 39.0 Å². The number of rotatable bonds is 3. The molecule has 1 aromatic rings. The van der Waals surface area contributed by atoms with Crippen molar-refractivity contribution in [3.8, 4) is 0 Å². The Hall–Kier alpha value is -0.600. The van der Waals surface area contributed by atoms with Crippen molar-refractivity contribution in [3.63, 3.8) is 0 Å². The van der Waals surface area contributed by atoms with Gasteiger partial charge in [0.1, 0.15) is 5.69 Å². The molecule has 0 N–H and O–H groups in total. The fraction of sp³-hybridized carbons (Fsp3) is 0.571. The van der Waals surface area contributed by atoms with Crippen LogP contribution >= 0.6 is 23.2 Å². The van der Waals surface area contributed by atoms with Crippen molar-refractivity contribution in [3.05, 3.63) is 28.0 Å². The third-order valence-corrected chi connectivity index (χ3v) is 4.33. The van der Waals surface area contributed by atoms with Gasteiger partial charge in [-0.1, -0.05) is 36.5 Å². The van der Waals surface area contributed by atoms with Gasteiger partial charge in [-0.2, -0.15) is 0 Å². The molecule has 0 atom stereocenters. The van der Waals surface area contributed by atoms with Crippen molar-refractivity contribution < 1.29 is 4.79 Å². The van der Waals surface area contributed by atoms with Crippen LogP contribution in [0.25, 0.3) is 0 Å². The maximum absolute atomic E-state index is 12.3. The quantitative estimate of drug-likeness (QED) is 0.748. The van der Waals surface area contributed by atoms with Crippen LogP contribution in [0, 0.1) is 11.8 Å². The van der Waals surface area contributed by atoms with E-state index in [0.717, 1.165) is 31.6 Å². The van der Waals surface area contributed by atoms with Crippen LogP contribution < -0.4 is 0 Å². The molecule has 2 rings (SSSR count). The molecule has 0 aromatic carbocycles. The van der Waals surface area contributed by atoms with Crippen molar-refractivity contribution in [1.82, 2.24) is 4.98 Å². The first kappa shape index (κ1) is 13.8. The Kier molecular flexibility index (Phi) is 4.63. The second kappa shape index (κ2) is 6.03. The number of hydrogen-bond donors (Lipinski definition) is 0. The minimum atomic E-state index is 0.0752. The molecule has 0 aliphatic heterocycles. The summed E-state index contributed by atoms with van der Waals surface area (Å²) in [6, 6.07) is 1.58. The Morgan fingerprint density at radius 3 is 2.56 bits per heavy atom. The minimum Gasteiger partial charge on any atom is -0.292 e. The first-order chi connectivity index (χ1) is 8.61. The van der Waals surface area contributed by atoms with Gasteiger partial charge in [-0.3, -0.25) is 4.79 Å². The molecule has 18 heavy (non-hydrogen) atoms. The highest BCUT2D eigenvalue weighted by atomic mass is 35.5. The van der Waals surface area contributed by atoms with Crippen LogP contribution in [-0.4, -0.2) is 10.8 Å². The van der Waals surface area contributed by atoms with Gasteiger partial charge in [-0.15, -0.1) is 0 Å². The lowest BCUT2D eigenvalue weighted by molar-refractivity contribution is 0.0866. The fourth-order valence-corrected chi connectivity index (χ4v) is 3.10. The maximum Gasteiger partial charge on any atom is 0.185 e. The summed E-state index contributed by atoms with van der Waals surface area (Å²) in [4.78, 5) is 16.4. The summed E-state index contributed by atoms with van der Waals surface area (Å²) in [7, 11) is 0. The van der Waals surface area contributed by atoms with E-state index in [-0.39, 0.29) is 11.7 Å². The van der Waals surface area contributed by atoms with Crippen LogP contribution in [0.1, 0.15) is 49.5 Å². The van der Waals surface area contributed by atoms with Crippen LogP contribution in [0.5, 0.6) is 0 Å². The van der Waals surface area contributed by atoms with Gasteiger partial charge in [0.05, 0.1) is 10.0 Å². The Balaban J connectivity index is 2.08. The van der Waals surface area contributed by atoms with E-state index in [1.807, 2.05) is 0 Å². The number of halogens is 2. The average Bonchev–Trinajstić information content (AvgIpc) is 2.38. The summed E-state index contributed by atoms with van der Waals surface area (Å²) in [5.41, 5.74) is 0.376. The van der Waals surface area contributed by atoms with Crippen molar-refractivity contribution in [2.75, 3.05) is 0 Å². The zero-order valence-electron chi connectivity index (χ0n) is 10.5. The average molecular weight is 286 g/mol. The highest BCUT2D eigenvalue weighted by Crippen LogP contribution is 2.33. The molecule has 0 bridgehead atoms. The van der Waals surface area contributed by atoms with Gasteiger partial charge in [0.15, 0.2) is 5.78 Å². The first-order valence-electron chi connectivity index (χ1n) is 6.47. The molecule has 98 valence electrons. The number of ketones is 1. The number of nitrogens with zero attached hydrogens (tertiary/aromatic N) is 1. The van der Waals surface area contributed by atoms with E-state index >= 15 is 0 Å². The van der Waals surface area contributed by atoms with Crippen molar-refractivity contribution in [1.29, 1.82) is 0 Å². The maximum atomic E-state index is 12.3. The molecule has 1 heterocycles. The minimum absolute atomic E-state index is 0.0752. The van der Waals surface area contributed by atoms with E-state index in [0.29, 0.717) is 15.7 Å². The van der Waals surface area contributed by atoms with Gasteiger partial charge in [-0.05, 0) is 37.7 Å². The van der Waals surface area contributed by atoms with Crippen LogP contribution in [0.15, 0.2) is 12.3 Å². The summed E-state index contributed by atoms with van der Waals surface area (Å²) in [5.74, 6) is 0.938. The molecule has 0 spiro atoms. The first-order valence-corrected chi connectivity index (χ1v) is 7.22. The summed E-state index contributed by atoms with van der Waals surface area (Å²) in [5, 5.41) is 0.830. The van der Waals surface area contributed by atoms with Gasteiger partial charge < -0.3 is 0 Å². The van der Waals surface area contributed by atoms with Crippen LogP contribution in [0.4, 0.5) is 0 Å². The molecular weight excluding hydrogens is 269 g/mol. The molecule has 0 unspecified atom stereocenters. The summed E-state index contributed by atoms with van der Waals surface area (Å²) < 4.78 is 0. The van der Waals surface area contributed by atoms with Gasteiger partial charge in [0.2, 0.25) is 0 Å². The molecule has 1 aliphatic rings. The van der Waals surface area contributed by atoms with E-state index in [4.69, 9.17) is 23.2 Å². The van der Waals surface area contributed by atoms with Crippen LogP contribution in [-0.2, 0) is 0 Å². The topological polar surface area (TPSA) is 30.0 Å². The van der Waals surface area contributed by atoms with Gasteiger partial charge in [0, 0.05) is 12.1 Å². The lowest BCUT2D eigenvalue weighted by Gasteiger charge is -2.26. The second-order valence-electron chi connectivity index (χ2n) is 4.97. The summed E-state index contributed by atoms with van der Waals surface area (Å²) in [6.07, 6.45) is 6.88. The summed E-state index contributed by atoms with van der Waals surface area (Å²) >= 11 is 11.8. The monoisotopic (exact) mass is 285 g/mol. The van der Waals surface area contributed by atoms with Gasteiger partial charge >= 0.3 is 0 Å². The van der Waals surface area contributed by atoms with Gasteiger partial charge in [0.25, 0.3) is 0 Å². The number of aromatic nitrogens is 1. The predicted octanol–water partition coefficient (Wildman–Crippen LogP) is 4.79. The lowest BCUT2D eigenvalue weighted by atomic mass is 9.78. The van der Waals surface area contributed by atoms with E-state index in [2.05, 4.69) is 11.9 Å². The third kappa shape index (κ3) is 3.04. The Morgan fingerprint density at radius 1 is 1.33 bits per heavy atom. The molecule has 1 aliphatic carbocycles. The van der Waals surface area contributed by atoms with Crippen LogP contribution in [0.3, 0.4) is 0 Å². The van der Waals surface area contributed by atoms with E-state index in [9.17, 15) is 4.79 Å². The standard InChI is InChI=1S/C14H17Cl2NO/c1-2-9-3-5-10(6-4-9)14(18)13-12(16)7-11(15)8-17-13/h7-10H,2-6H2,1H3. The van der Waals surface area contributed by atoms with E-state index in [1.54, 1.807) is 6.07 Å². The zero-order chi connectivity index (χ0) is 13.1. The number of carbonyl (C=O) groups excluding carboxylic acids is 1. The molecule has 0 amide bonds. The Bertz CT molecular complexity index is 439. The normalized spacial score (nSPS) is 23.9. The smallest absolute Gasteiger partial charge is 0.185 e. The molecule has 4 heteroatoms. The fourth-order valence-electron chi connectivity index (χ4n) is 2.62. The molecule has 0 radical (unpaired) electrons. The predicted molar refractivity (Wildman–Crippen MR) is 74.3 cm³/mol. The number of Topliss-reactive ketones (excluding diaryl/α,β-unsaturated/α-hetero) is 1. The van der Waals surface area contributed by atoms with Crippen molar-refractivity contribution >= 4 is 29.0 Å². The molecule has 0 saturated heterocycles. The highest BCUT2D eigenvalue weighted by molar-refractivity contribution is 6.36. The zero-order valence-corrected chi connectivity index (χ0v) is 12.0. The number of pyridine rings is 1. The molecule has 1 aromatic heterocycles. The Morgan fingerprint density at radius 2 is 2.00 bits per heavy atom. The van der Waals surface area contributed by atoms with E-state index < -0.39 is 0 Å². The van der Waals surface area contributed by atoms with E-state index in [1.165, 1.54) is 12.6 Å². The summed E-state index contributed by atoms with van der Waals surface area (Å²) in [6.45, 7) is 2.21. The van der Waals surface area contributed by atoms with Crippen LogP contribution in [0.2, 0.25) is 10.0 Å². The highest BCUT2D eigenvalue weighted by Gasteiger charge is 2.28. The largest absolute Gasteiger partial charge is 0.292 e. The van der Waals surface area contributed by atoms with Crippen molar-refractivity contribution in [2.24, 2.45) is 11.8 Å². The SMILES string of the molecule is CCC1CCC(C(=O)c2ncc(Cl)cc2Cl)CC1. The number of hydrogen-bond acceptors (Lipinski definition) is 2.